The van der Waals surface area contributed by atoms with Crippen LogP contribution in [-0.2, 0) is 16.0 Å². The highest BCUT2D eigenvalue weighted by molar-refractivity contribution is 5.89. The van der Waals surface area contributed by atoms with Crippen molar-refractivity contribution in [3.8, 4) is 12.3 Å². The average Bonchev–Trinajstić information content (AvgIpc) is 2.61. The summed E-state index contributed by atoms with van der Waals surface area (Å²) >= 11 is 0. The van der Waals surface area contributed by atoms with Crippen LogP contribution in [0.15, 0.2) is 24.3 Å². The molecule has 2 amide bonds. The SMILES string of the molecule is C#CC1(O)CCN(C(=O)Nc2ccc(CCC(=O)OC)cc2)CC1. The van der Waals surface area contributed by atoms with E-state index in [0.717, 1.165) is 5.56 Å². The van der Waals surface area contributed by atoms with Crippen LogP contribution < -0.4 is 5.32 Å². The molecule has 1 fully saturated rings. The van der Waals surface area contributed by atoms with Crippen molar-refractivity contribution in [3.63, 3.8) is 0 Å². The molecule has 0 saturated carbocycles. The number of anilines is 1. The van der Waals surface area contributed by atoms with E-state index in [1.54, 1.807) is 17.0 Å². The molecule has 0 bridgehead atoms. The van der Waals surface area contributed by atoms with E-state index >= 15 is 0 Å². The Morgan fingerprint density at radius 3 is 2.50 bits per heavy atom. The Balaban J connectivity index is 1.84. The highest BCUT2D eigenvalue weighted by atomic mass is 16.5. The van der Waals surface area contributed by atoms with Gasteiger partial charge in [-0.1, -0.05) is 18.1 Å². The summed E-state index contributed by atoms with van der Waals surface area (Å²) in [5, 5.41) is 12.8. The molecule has 0 unspecified atom stereocenters. The molecule has 2 N–H and O–H groups in total. The fourth-order valence-electron chi connectivity index (χ4n) is 2.53. The molecule has 0 radical (unpaired) electrons. The number of aryl methyl sites for hydroxylation is 1. The number of piperidine rings is 1. The average molecular weight is 330 g/mol. The Labute approximate surface area is 141 Å². The molecule has 1 aliphatic heterocycles. The number of carbonyl (C=O) groups is 2. The second kappa shape index (κ2) is 7.84. The van der Waals surface area contributed by atoms with E-state index in [0.29, 0.717) is 44.5 Å². The summed E-state index contributed by atoms with van der Waals surface area (Å²) in [7, 11) is 1.37. The lowest BCUT2D eigenvalue weighted by Gasteiger charge is -2.34. The molecule has 1 heterocycles. The quantitative estimate of drug-likeness (QED) is 0.651. The van der Waals surface area contributed by atoms with Crippen molar-refractivity contribution >= 4 is 17.7 Å². The first kappa shape index (κ1) is 17.8. The van der Waals surface area contributed by atoms with Gasteiger partial charge in [-0.3, -0.25) is 4.79 Å². The lowest BCUT2D eigenvalue weighted by Crippen LogP contribution is -2.47. The van der Waals surface area contributed by atoms with Crippen LogP contribution >= 0.6 is 0 Å². The minimum atomic E-state index is -1.10. The molecule has 0 spiro atoms. The summed E-state index contributed by atoms with van der Waals surface area (Å²) < 4.78 is 4.61. The molecule has 2 rings (SSSR count). The number of aliphatic hydroxyl groups is 1. The Kier molecular flexibility index (Phi) is 5.83. The minimum Gasteiger partial charge on any atom is -0.469 e. The van der Waals surface area contributed by atoms with Crippen molar-refractivity contribution in [2.75, 3.05) is 25.5 Å². The standard InChI is InChI=1S/C18H22N2O4/c1-3-18(23)10-12-20(13-11-18)17(22)19-15-7-4-14(5-8-15)6-9-16(21)24-2/h1,4-5,7-8,23H,6,9-13H2,2H3,(H,19,22). The highest BCUT2D eigenvalue weighted by Crippen LogP contribution is 2.22. The number of urea groups is 1. The second-order valence-electron chi connectivity index (χ2n) is 5.87. The van der Waals surface area contributed by atoms with Crippen molar-refractivity contribution in [3.05, 3.63) is 29.8 Å². The predicted molar refractivity (Wildman–Crippen MR) is 90.4 cm³/mol. The summed E-state index contributed by atoms with van der Waals surface area (Å²) in [6.07, 6.45) is 6.98. The first-order valence-corrected chi connectivity index (χ1v) is 7.87. The van der Waals surface area contributed by atoms with E-state index in [2.05, 4.69) is 16.0 Å². The molecule has 6 heteroatoms. The third-order valence-electron chi connectivity index (χ3n) is 4.20. The van der Waals surface area contributed by atoms with Crippen LogP contribution in [-0.4, -0.2) is 47.8 Å². The maximum Gasteiger partial charge on any atom is 0.321 e. The normalized spacial score (nSPS) is 16.1. The van der Waals surface area contributed by atoms with E-state index in [1.165, 1.54) is 7.11 Å². The first-order chi connectivity index (χ1) is 11.5. The number of hydrogen-bond donors (Lipinski definition) is 2. The number of benzene rings is 1. The van der Waals surface area contributed by atoms with Crippen LogP contribution in [0.25, 0.3) is 0 Å². The smallest absolute Gasteiger partial charge is 0.321 e. The van der Waals surface area contributed by atoms with Gasteiger partial charge in [-0.15, -0.1) is 6.42 Å². The van der Waals surface area contributed by atoms with Gasteiger partial charge in [0.1, 0.15) is 5.60 Å². The number of terminal acetylenes is 1. The zero-order chi connectivity index (χ0) is 17.6. The van der Waals surface area contributed by atoms with Crippen LogP contribution in [0.3, 0.4) is 0 Å². The topological polar surface area (TPSA) is 78.9 Å². The Morgan fingerprint density at radius 2 is 1.96 bits per heavy atom. The van der Waals surface area contributed by atoms with E-state index in [4.69, 9.17) is 6.42 Å². The van der Waals surface area contributed by atoms with Gasteiger partial charge in [0.05, 0.1) is 7.11 Å². The Hall–Kier alpha value is -2.52. The van der Waals surface area contributed by atoms with Gasteiger partial charge in [-0.25, -0.2) is 4.79 Å². The first-order valence-electron chi connectivity index (χ1n) is 7.87. The van der Waals surface area contributed by atoms with Gasteiger partial charge in [0.15, 0.2) is 0 Å². The van der Waals surface area contributed by atoms with E-state index in [-0.39, 0.29) is 12.0 Å². The molecule has 1 aromatic carbocycles. The predicted octanol–water partition coefficient (Wildman–Crippen LogP) is 1.78. The third kappa shape index (κ3) is 4.74. The number of nitrogens with zero attached hydrogens (tertiary/aromatic N) is 1. The van der Waals surface area contributed by atoms with Crippen molar-refractivity contribution in [1.82, 2.24) is 4.90 Å². The van der Waals surface area contributed by atoms with Crippen LogP contribution in [0.4, 0.5) is 10.5 Å². The van der Waals surface area contributed by atoms with E-state index in [9.17, 15) is 14.7 Å². The molecule has 1 aromatic rings. The summed E-state index contributed by atoms with van der Waals surface area (Å²) in [5.41, 5.74) is 0.577. The van der Waals surface area contributed by atoms with Crippen molar-refractivity contribution in [1.29, 1.82) is 0 Å². The van der Waals surface area contributed by atoms with Crippen LogP contribution in [0.5, 0.6) is 0 Å². The van der Waals surface area contributed by atoms with Crippen LogP contribution in [0.1, 0.15) is 24.8 Å². The number of ether oxygens (including phenoxy) is 1. The van der Waals surface area contributed by atoms with Crippen LogP contribution in [0, 0.1) is 12.3 Å². The Bertz CT molecular complexity index is 625. The van der Waals surface area contributed by atoms with Crippen molar-refractivity contribution in [2.24, 2.45) is 0 Å². The molecular formula is C18H22N2O4. The number of nitrogens with one attached hydrogen (secondary N) is 1. The second-order valence-corrected chi connectivity index (χ2v) is 5.87. The number of likely N-dealkylation sites (tertiary alicyclic amines) is 1. The summed E-state index contributed by atoms with van der Waals surface area (Å²) in [6, 6.07) is 7.12. The van der Waals surface area contributed by atoms with Gasteiger partial charge in [-0.2, -0.15) is 0 Å². The largest absolute Gasteiger partial charge is 0.469 e. The van der Waals surface area contributed by atoms with E-state index in [1.807, 2.05) is 12.1 Å². The molecular weight excluding hydrogens is 308 g/mol. The van der Waals surface area contributed by atoms with Gasteiger partial charge in [0.2, 0.25) is 0 Å². The molecule has 1 saturated heterocycles. The number of rotatable bonds is 4. The monoisotopic (exact) mass is 330 g/mol. The number of amides is 2. The molecule has 1 aliphatic rings. The van der Waals surface area contributed by atoms with E-state index < -0.39 is 5.60 Å². The maximum absolute atomic E-state index is 12.2. The van der Waals surface area contributed by atoms with Gasteiger partial charge >= 0.3 is 12.0 Å². The molecule has 0 aromatic heterocycles. The number of carbonyl (C=O) groups excluding carboxylic acids is 2. The van der Waals surface area contributed by atoms with Gasteiger partial charge in [0.25, 0.3) is 0 Å². The fraction of sp³-hybridized carbons (Fsp3) is 0.444. The maximum atomic E-state index is 12.2. The van der Waals surface area contributed by atoms with Crippen molar-refractivity contribution < 1.29 is 19.4 Å². The fourth-order valence-corrected chi connectivity index (χ4v) is 2.53. The van der Waals surface area contributed by atoms with Gasteiger partial charge in [0, 0.05) is 38.0 Å². The van der Waals surface area contributed by atoms with Gasteiger partial charge < -0.3 is 20.1 Å². The molecule has 0 atom stereocenters. The molecule has 24 heavy (non-hydrogen) atoms. The highest BCUT2D eigenvalue weighted by Gasteiger charge is 2.32. The number of hydrogen-bond acceptors (Lipinski definition) is 4. The molecule has 128 valence electrons. The lowest BCUT2D eigenvalue weighted by molar-refractivity contribution is -0.140. The van der Waals surface area contributed by atoms with Crippen LogP contribution in [0.2, 0.25) is 0 Å². The number of methoxy groups -OCH3 is 1. The number of esters is 1. The summed E-state index contributed by atoms with van der Waals surface area (Å²) in [5.74, 6) is 2.14. The molecule has 0 aliphatic carbocycles. The zero-order valence-corrected chi connectivity index (χ0v) is 13.7. The van der Waals surface area contributed by atoms with Crippen molar-refractivity contribution in [2.45, 2.75) is 31.3 Å². The minimum absolute atomic E-state index is 0.212. The van der Waals surface area contributed by atoms with Gasteiger partial charge in [-0.05, 0) is 24.1 Å². The summed E-state index contributed by atoms with van der Waals surface area (Å²) in [4.78, 5) is 25.0. The third-order valence-corrected chi connectivity index (χ3v) is 4.20. The lowest BCUT2D eigenvalue weighted by atomic mass is 9.93. The summed E-state index contributed by atoms with van der Waals surface area (Å²) in [6.45, 7) is 0.841. The molecule has 6 nitrogen and oxygen atoms in total. The zero-order valence-electron chi connectivity index (χ0n) is 13.7. The Morgan fingerprint density at radius 1 is 1.33 bits per heavy atom.